The zero-order chi connectivity index (χ0) is 14.2. The van der Waals surface area contributed by atoms with Crippen LogP contribution in [0, 0.1) is 5.82 Å². The van der Waals surface area contributed by atoms with E-state index in [1.54, 1.807) is 13.8 Å². The molecule has 1 aromatic rings. The van der Waals surface area contributed by atoms with E-state index in [9.17, 15) is 12.8 Å². The Bertz CT molecular complexity index is 568. The summed E-state index contributed by atoms with van der Waals surface area (Å²) in [6, 6.07) is 3.56. The van der Waals surface area contributed by atoms with E-state index in [0.717, 1.165) is 6.07 Å². The van der Waals surface area contributed by atoms with Crippen molar-refractivity contribution < 1.29 is 17.5 Å². The zero-order valence-corrected chi connectivity index (χ0v) is 12.2. The van der Waals surface area contributed by atoms with Gasteiger partial charge in [0, 0.05) is 18.1 Å². The summed E-state index contributed by atoms with van der Waals surface area (Å²) < 4.78 is 45.3. The van der Waals surface area contributed by atoms with Gasteiger partial charge in [0.2, 0.25) is 10.0 Å². The molecule has 0 amide bonds. The Hall–Kier alpha value is -0.690. The molecule has 2 rings (SSSR count). The maximum Gasteiger partial charge on any atom is 0.246 e. The van der Waals surface area contributed by atoms with Crippen LogP contribution in [-0.2, 0) is 14.8 Å². The highest BCUT2D eigenvalue weighted by molar-refractivity contribution is 7.89. The molecular formula is C12H15ClFNO3S. The molecule has 0 spiro atoms. The Morgan fingerprint density at radius 1 is 1.32 bits per heavy atom. The zero-order valence-electron chi connectivity index (χ0n) is 10.6. The van der Waals surface area contributed by atoms with E-state index < -0.39 is 15.8 Å². The standard InChI is InChI=1S/C12H15ClFNO3S/c1-8-6-15(7-9(2)18-8)19(16,17)12-4-3-10(13)5-11(12)14/h3-5,8-9H,6-7H2,1-2H3/t8-,9-/m0/s1. The van der Waals surface area contributed by atoms with Crippen LogP contribution in [0.1, 0.15) is 13.8 Å². The van der Waals surface area contributed by atoms with Gasteiger partial charge in [-0.3, -0.25) is 0 Å². The summed E-state index contributed by atoms with van der Waals surface area (Å²) in [7, 11) is -3.86. The van der Waals surface area contributed by atoms with Gasteiger partial charge in [-0.2, -0.15) is 4.31 Å². The number of morpholine rings is 1. The van der Waals surface area contributed by atoms with Crippen LogP contribution in [0.15, 0.2) is 23.1 Å². The van der Waals surface area contributed by atoms with Gasteiger partial charge in [-0.1, -0.05) is 11.6 Å². The van der Waals surface area contributed by atoms with E-state index in [4.69, 9.17) is 16.3 Å². The van der Waals surface area contributed by atoms with Crippen LogP contribution in [0.4, 0.5) is 4.39 Å². The maximum absolute atomic E-state index is 13.8. The molecule has 1 saturated heterocycles. The lowest BCUT2D eigenvalue weighted by atomic mass is 10.3. The molecule has 2 atom stereocenters. The summed E-state index contributed by atoms with van der Waals surface area (Å²) in [6.45, 7) is 4.01. The van der Waals surface area contributed by atoms with E-state index in [2.05, 4.69) is 0 Å². The predicted octanol–water partition coefficient (Wildman–Crippen LogP) is 2.28. The summed E-state index contributed by atoms with van der Waals surface area (Å²) >= 11 is 5.63. The van der Waals surface area contributed by atoms with E-state index in [1.807, 2.05) is 0 Å². The fraction of sp³-hybridized carbons (Fsp3) is 0.500. The molecule has 1 aliphatic rings. The van der Waals surface area contributed by atoms with E-state index in [1.165, 1.54) is 16.4 Å². The highest BCUT2D eigenvalue weighted by Gasteiger charge is 2.33. The molecule has 0 aliphatic carbocycles. The first kappa shape index (κ1) is 14.7. The molecule has 0 aromatic heterocycles. The molecule has 0 N–H and O–H groups in total. The van der Waals surface area contributed by atoms with Crippen molar-refractivity contribution in [1.82, 2.24) is 4.31 Å². The summed E-state index contributed by atoms with van der Waals surface area (Å²) in [5.74, 6) is -0.834. The minimum atomic E-state index is -3.86. The largest absolute Gasteiger partial charge is 0.373 e. The fourth-order valence-electron chi connectivity index (χ4n) is 2.15. The first-order valence-electron chi connectivity index (χ1n) is 5.91. The highest BCUT2D eigenvalue weighted by atomic mass is 35.5. The minimum Gasteiger partial charge on any atom is -0.373 e. The molecule has 7 heteroatoms. The van der Waals surface area contributed by atoms with E-state index in [-0.39, 0.29) is 35.2 Å². The first-order chi connectivity index (χ1) is 8.80. The van der Waals surface area contributed by atoms with Gasteiger partial charge < -0.3 is 4.74 Å². The maximum atomic E-state index is 13.8. The van der Waals surface area contributed by atoms with Crippen molar-refractivity contribution in [2.24, 2.45) is 0 Å². The summed E-state index contributed by atoms with van der Waals surface area (Å²) in [6.07, 6.45) is -0.428. The van der Waals surface area contributed by atoms with Crippen LogP contribution in [0.25, 0.3) is 0 Å². The normalized spacial score (nSPS) is 25.5. The van der Waals surface area contributed by atoms with Crippen molar-refractivity contribution >= 4 is 21.6 Å². The molecule has 1 fully saturated rings. The molecule has 1 aliphatic heterocycles. The van der Waals surface area contributed by atoms with Gasteiger partial charge in [0.1, 0.15) is 10.7 Å². The van der Waals surface area contributed by atoms with E-state index >= 15 is 0 Å². The number of sulfonamides is 1. The molecule has 0 radical (unpaired) electrons. The van der Waals surface area contributed by atoms with Crippen molar-refractivity contribution in [3.05, 3.63) is 29.0 Å². The SMILES string of the molecule is C[C@H]1CN(S(=O)(=O)c2ccc(Cl)cc2F)C[C@H](C)O1. The molecule has 1 heterocycles. The number of hydrogen-bond donors (Lipinski definition) is 0. The fourth-order valence-corrected chi connectivity index (χ4v) is 3.95. The second-order valence-corrected chi connectivity index (χ2v) is 7.00. The molecular weight excluding hydrogens is 293 g/mol. The average Bonchev–Trinajstić information content (AvgIpc) is 2.26. The van der Waals surface area contributed by atoms with Crippen LogP contribution in [-0.4, -0.2) is 38.0 Å². The van der Waals surface area contributed by atoms with Crippen LogP contribution in [0.5, 0.6) is 0 Å². The molecule has 0 bridgehead atoms. The Morgan fingerprint density at radius 2 is 1.89 bits per heavy atom. The van der Waals surface area contributed by atoms with Gasteiger partial charge >= 0.3 is 0 Å². The van der Waals surface area contributed by atoms with Crippen molar-refractivity contribution in [2.45, 2.75) is 31.0 Å². The molecule has 106 valence electrons. The van der Waals surface area contributed by atoms with Crippen LogP contribution < -0.4 is 0 Å². The third-order valence-electron chi connectivity index (χ3n) is 2.90. The molecule has 0 unspecified atom stereocenters. The Labute approximate surface area is 117 Å². The Kier molecular flexibility index (Phi) is 4.15. The van der Waals surface area contributed by atoms with Gasteiger partial charge in [0.05, 0.1) is 12.2 Å². The predicted molar refractivity (Wildman–Crippen MR) is 70.2 cm³/mol. The lowest BCUT2D eigenvalue weighted by molar-refractivity contribution is -0.0441. The van der Waals surface area contributed by atoms with Gasteiger partial charge in [-0.25, -0.2) is 12.8 Å². The quantitative estimate of drug-likeness (QED) is 0.842. The number of halogens is 2. The Morgan fingerprint density at radius 3 is 2.42 bits per heavy atom. The monoisotopic (exact) mass is 307 g/mol. The molecule has 4 nitrogen and oxygen atoms in total. The van der Waals surface area contributed by atoms with Crippen molar-refractivity contribution in [1.29, 1.82) is 0 Å². The van der Waals surface area contributed by atoms with Gasteiger partial charge in [0.25, 0.3) is 0 Å². The third-order valence-corrected chi connectivity index (χ3v) is 5.00. The topological polar surface area (TPSA) is 46.6 Å². The highest BCUT2D eigenvalue weighted by Crippen LogP contribution is 2.25. The van der Waals surface area contributed by atoms with Crippen LogP contribution in [0.3, 0.4) is 0 Å². The number of hydrogen-bond acceptors (Lipinski definition) is 3. The van der Waals surface area contributed by atoms with Crippen LogP contribution >= 0.6 is 11.6 Å². The van der Waals surface area contributed by atoms with Gasteiger partial charge in [-0.15, -0.1) is 0 Å². The van der Waals surface area contributed by atoms with Crippen molar-refractivity contribution in [2.75, 3.05) is 13.1 Å². The summed E-state index contributed by atoms with van der Waals surface area (Å²) in [4.78, 5) is -0.349. The first-order valence-corrected chi connectivity index (χ1v) is 7.73. The summed E-state index contributed by atoms with van der Waals surface area (Å²) in [5, 5.41) is 0.167. The van der Waals surface area contributed by atoms with Crippen molar-refractivity contribution in [3.8, 4) is 0 Å². The van der Waals surface area contributed by atoms with Gasteiger partial charge in [-0.05, 0) is 32.0 Å². The third kappa shape index (κ3) is 3.08. The average molecular weight is 308 g/mol. The second-order valence-electron chi connectivity index (χ2n) is 4.65. The van der Waals surface area contributed by atoms with E-state index in [0.29, 0.717) is 0 Å². The minimum absolute atomic E-state index is 0.167. The number of benzene rings is 1. The Balaban J connectivity index is 2.36. The molecule has 1 aromatic carbocycles. The van der Waals surface area contributed by atoms with Crippen LogP contribution in [0.2, 0.25) is 5.02 Å². The molecule has 19 heavy (non-hydrogen) atoms. The summed E-state index contributed by atoms with van der Waals surface area (Å²) in [5.41, 5.74) is 0. The lowest BCUT2D eigenvalue weighted by Crippen LogP contribution is -2.48. The van der Waals surface area contributed by atoms with Gasteiger partial charge in [0.15, 0.2) is 0 Å². The smallest absolute Gasteiger partial charge is 0.246 e. The number of ether oxygens (including phenoxy) is 1. The molecule has 0 saturated carbocycles. The second kappa shape index (κ2) is 5.36. The van der Waals surface area contributed by atoms with Crippen molar-refractivity contribution in [3.63, 3.8) is 0 Å². The number of rotatable bonds is 2. The lowest BCUT2D eigenvalue weighted by Gasteiger charge is -2.34. The number of nitrogens with zero attached hydrogens (tertiary/aromatic N) is 1.